The van der Waals surface area contributed by atoms with Crippen molar-refractivity contribution in [1.82, 2.24) is 5.32 Å². The molecule has 0 spiro atoms. The zero-order chi connectivity index (χ0) is 13.9. The van der Waals surface area contributed by atoms with E-state index in [0.29, 0.717) is 5.75 Å². The highest BCUT2D eigenvalue weighted by atomic mass is 32.2. The van der Waals surface area contributed by atoms with Gasteiger partial charge in [0.15, 0.2) is 9.84 Å². The minimum absolute atomic E-state index is 0.0213. The molecule has 4 heteroatoms. The van der Waals surface area contributed by atoms with Crippen LogP contribution in [0.3, 0.4) is 0 Å². The number of rotatable bonds is 4. The van der Waals surface area contributed by atoms with Crippen LogP contribution in [0.1, 0.15) is 30.4 Å². The first-order valence-electron chi connectivity index (χ1n) is 6.97. The van der Waals surface area contributed by atoms with Crippen LogP contribution in [0.25, 0.3) is 0 Å². The van der Waals surface area contributed by atoms with Crippen LogP contribution in [0, 0.1) is 6.92 Å². The summed E-state index contributed by atoms with van der Waals surface area (Å²) in [6, 6.07) is 8.37. The monoisotopic (exact) mass is 281 g/mol. The normalized spacial score (nSPS) is 24.0. The minimum atomic E-state index is -2.93. The molecule has 0 aromatic heterocycles. The Morgan fingerprint density at radius 1 is 1.26 bits per heavy atom. The molecule has 1 heterocycles. The zero-order valence-corrected chi connectivity index (χ0v) is 12.5. The molecular weight excluding hydrogens is 258 g/mol. The van der Waals surface area contributed by atoms with Crippen molar-refractivity contribution in [3.05, 3.63) is 35.4 Å². The van der Waals surface area contributed by atoms with Crippen molar-refractivity contribution in [3.8, 4) is 0 Å². The summed E-state index contributed by atoms with van der Waals surface area (Å²) >= 11 is 0. The lowest BCUT2D eigenvalue weighted by Crippen LogP contribution is -2.46. The number of nitrogens with one attached hydrogen (secondary N) is 1. The Morgan fingerprint density at radius 2 is 1.95 bits per heavy atom. The third-order valence-electron chi connectivity index (χ3n) is 4.02. The van der Waals surface area contributed by atoms with E-state index in [1.807, 2.05) is 7.05 Å². The fourth-order valence-corrected chi connectivity index (χ4v) is 5.00. The van der Waals surface area contributed by atoms with E-state index in [0.717, 1.165) is 25.7 Å². The summed E-state index contributed by atoms with van der Waals surface area (Å²) in [6.07, 6.45) is 3.41. The predicted molar refractivity (Wildman–Crippen MR) is 79.2 cm³/mol. The maximum atomic E-state index is 12.2. The SMILES string of the molecule is CNC(Cc1ccc(C)cc1)C1CCCCS1(=O)=O. The number of aryl methyl sites for hydroxylation is 1. The third-order valence-corrected chi connectivity index (χ3v) is 6.37. The molecule has 1 saturated heterocycles. The van der Waals surface area contributed by atoms with Crippen molar-refractivity contribution in [2.45, 2.75) is 43.9 Å². The average Bonchev–Trinajstić information content (AvgIpc) is 2.38. The van der Waals surface area contributed by atoms with Crippen molar-refractivity contribution >= 4 is 9.84 Å². The van der Waals surface area contributed by atoms with E-state index >= 15 is 0 Å². The van der Waals surface area contributed by atoms with Gasteiger partial charge in [0, 0.05) is 6.04 Å². The van der Waals surface area contributed by atoms with Crippen LogP contribution in [0.4, 0.5) is 0 Å². The Bertz CT molecular complexity index is 507. The van der Waals surface area contributed by atoms with Gasteiger partial charge in [-0.25, -0.2) is 8.42 Å². The first-order valence-corrected chi connectivity index (χ1v) is 8.69. The summed E-state index contributed by atoms with van der Waals surface area (Å²) in [5, 5.41) is 2.98. The van der Waals surface area contributed by atoms with Gasteiger partial charge in [-0.05, 0) is 38.8 Å². The number of hydrogen-bond acceptors (Lipinski definition) is 3. The Labute approximate surface area is 116 Å². The molecule has 0 amide bonds. The molecule has 19 heavy (non-hydrogen) atoms. The molecule has 0 bridgehead atoms. The predicted octanol–water partition coefficient (Wildman–Crippen LogP) is 2.09. The highest BCUT2D eigenvalue weighted by molar-refractivity contribution is 7.92. The van der Waals surface area contributed by atoms with Gasteiger partial charge in [0.2, 0.25) is 0 Å². The molecule has 2 atom stereocenters. The summed E-state index contributed by atoms with van der Waals surface area (Å²) in [7, 11) is -1.06. The van der Waals surface area contributed by atoms with Gasteiger partial charge in [0.1, 0.15) is 0 Å². The number of sulfone groups is 1. The second-order valence-corrected chi connectivity index (χ2v) is 7.83. The lowest BCUT2D eigenvalue weighted by Gasteiger charge is -2.30. The second-order valence-electron chi connectivity index (χ2n) is 5.49. The van der Waals surface area contributed by atoms with Gasteiger partial charge in [0.25, 0.3) is 0 Å². The van der Waals surface area contributed by atoms with Gasteiger partial charge in [0.05, 0.1) is 11.0 Å². The first kappa shape index (κ1) is 14.5. The molecule has 0 aliphatic carbocycles. The summed E-state index contributed by atoms with van der Waals surface area (Å²) < 4.78 is 24.4. The zero-order valence-electron chi connectivity index (χ0n) is 11.7. The first-order chi connectivity index (χ1) is 9.03. The molecule has 3 nitrogen and oxygen atoms in total. The van der Waals surface area contributed by atoms with Crippen molar-refractivity contribution in [3.63, 3.8) is 0 Å². The maximum absolute atomic E-state index is 12.2. The summed E-state index contributed by atoms with van der Waals surface area (Å²) in [5.74, 6) is 0.351. The average molecular weight is 281 g/mol. The van der Waals surface area contributed by atoms with E-state index in [1.165, 1.54) is 11.1 Å². The number of likely N-dealkylation sites (N-methyl/N-ethyl adjacent to an activating group) is 1. The van der Waals surface area contributed by atoms with Crippen LogP contribution in [0.15, 0.2) is 24.3 Å². The molecule has 0 radical (unpaired) electrons. The van der Waals surface area contributed by atoms with Crippen LogP contribution in [0.2, 0.25) is 0 Å². The molecule has 1 aromatic rings. The lowest BCUT2D eigenvalue weighted by molar-refractivity contribution is 0.456. The Hall–Kier alpha value is -0.870. The van der Waals surface area contributed by atoms with Crippen LogP contribution >= 0.6 is 0 Å². The standard InChI is InChI=1S/C15H23NO2S/c1-12-6-8-13(9-7-12)11-14(16-2)15-5-3-4-10-19(15,17)18/h6-9,14-16H,3-5,10-11H2,1-2H3. The van der Waals surface area contributed by atoms with E-state index in [-0.39, 0.29) is 11.3 Å². The van der Waals surface area contributed by atoms with E-state index in [4.69, 9.17) is 0 Å². The summed E-state index contributed by atoms with van der Waals surface area (Å²) in [4.78, 5) is 0. The van der Waals surface area contributed by atoms with Crippen LogP contribution in [-0.4, -0.2) is 32.5 Å². The largest absolute Gasteiger partial charge is 0.315 e. The Kier molecular flexibility index (Phi) is 4.63. The van der Waals surface area contributed by atoms with Crippen LogP contribution in [0.5, 0.6) is 0 Å². The molecule has 1 aliphatic rings. The van der Waals surface area contributed by atoms with Crippen molar-refractivity contribution in [1.29, 1.82) is 0 Å². The molecule has 1 fully saturated rings. The molecule has 2 rings (SSSR count). The van der Waals surface area contributed by atoms with Gasteiger partial charge >= 0.3 is 0 Å². The Morgan fingerprint density at radius 3 is 2.53 bits per heavy atom. The highest BCUT2D eigenvalue weighted by Gasteiger charge is 2.34. The van der Waals surface area contributed by atoms with Gasteiger partial charge in [-0.2, -0.15) is 0 Å². The van der Waals surface area contributed by atoms with Crippen molar-refractivity contribution in [2.75, 3.05) is 12.8 Å². The number of benzene rings is 1. The summed E-state index contributed by atoms with van der Waals surface area (Å²) in [6.45, 7) is 2.06. The van der Waals surface area contributed by atoms with E-state index in [1.54, 1.807) is 0 Å². The summed E-state index contributed by atoms with van der Waals surface area (Å²) in [5.41, 5.74) is 2.43. The van der Waals surface area contributed by atoms with Crippen LogP contribution < -0.4 is 5.32 Å². The lowest BCUT2D eigenvalue weighted by atomic mass is 9.99. The molecule has 0 saturated carbocycles. The van der Waals surface area contributed by atoms with E-state index < -0.39 is 9.84 Å². The fourth-order valence-electron chi connectivity index (χ4n) is 2.83. The molecule has 2 unspecified atom stereocenters. The second kappa shape index (κ2) is 6.06. The molecule has 1 N–H and O–H groups in total. The van der Waals surface area contributed by atoms with Crippen LogP contribution in [-0.2, 0) is 16.3 Å². The maximum Gasteiger partial charge on any atom is 0.154 e. The molecule has 1 aliphatic heterocycles. The quantitative estimate of drug-likeness (QED) is 0.919. The third kappa shape index (κ3) is 3.57. The van der Waals surface area contributed by atoms with E-state index in [9.17, 15) is 8.42 Å². The van der Waals surface area contributed by atoms with Gasteiger partial charge in [-0.1, -0.05) is 36.2 Å². The van der Waals surface area contributed by atoms with Gasteiger partial charge in [-0.15, -0.1) is 0 Å². The fraction of sp³-hybridized carbons (Fsp3) is 0.600. The minimum Gasteiger partial charge on any atom is -0.315 e. The molecular formula is C15H23NO2S. The van der Waals surface area contributed by atoms with E-state index in [2.05, 4.69) is 36.5 Å². The van der Waals surface area contributed by atoms with Gasteiger partial charge < -0.3 is 5.32 Å². The topological polar surface area (TPSA) is 46.2 Å². The van der Waals surface area contributed by atoms with Crippen molar-refractivity contribution in [2.24, 2.45) is 0 Å². The molecule has 106 valence electrons. The number of hydrogen-bond donors (Lipinski definition) is 1. The smallest absolute Gasteiger partial charge is 0.154 e. The van der Waals surface area contributed by atoms with Gasteiger partial charge in [-0.3, -0.25) is 0 Å². The molecule has 1 aromatic carbocycles. The Balaban J connectivity index is 2.13. The van der Waals surface area contributed by atoms with Crippen molar-refractivity contribution < 1.29 is 8.42 Å². The highest BCUT2D eigenvalue weighted by Crippen LogP contribution is 2.24.